The van der Waals surface area contributed by atoms with E-state index < -0.39 is 60.2 Å². The molecule has 0 aliphatic rings. The Labute approximate surface area is 216 Å². The number of nitrogens with one attached hydrogen (secondary N) is 4. The third kappa shape index (κ3) is 9.46. The van der Waals surface area contributed by atoms with Crippen LogP contribution in [0.2, 0.25) is 0 Å². The molecular weight excluding hydrogens is 508 g/mol. The molecule has 200 valence electrons. The normalized spacial score (nSPS) is 14.0. The van der Waals surface area contributed by atoms with Crippen LogP contribution in [0, 0.1) is 0 Å². The summed E-state index contributed by atoms with van der Waals surface area (Å²) in [6, 6.07) is 0.439. The molecule has 0 spiro atoms. The molecule has 2 rings (SSSR count). The van der Waals surface area contributed by atoms with Gasteiger partial charge in [0.25, 0.3) is 0 Å². The maximum Gasteiger partial charge on any atom is 0.327 e. The number of hydrogen-bond acceptors (Lipinski definition) is 9. The van der Waals surface area contributed by atoms with Crippen LogP contribution < -0.4 is 21.7 Å². The zero-order valence-corrected chi connectivity index (χ0v) is 20.4. The van der Waals surface area contributed by atoms with Gasteiger partial charge in [0.05, 0.1) is 18.8 Å². The maximum atomic E-state index is 13.3. The highest BCUT2D eigenvalue weighted by molar-refractivity contribution is 7.80. The Morgan fingerprint density at radius 1 is 0.919 bits per heavy atom. The van der Waals surface area contributed by atoms with E-state index in [1.807, 2.05) is 0 Å². The number of carboxylic acid groups (broad SMARTS) is 2. The first-order chi connectivity index (χ1) is 17.5. The number of hydrogen-bond donors (Lipinski definition) is 9. The van der Waals surface area contributed by atoms with Gasteiger partial charge in [0.2, 0.25) is 17.7 Å². The minimum absolute atomic E-state index is 0.0225. The van der Waals surface area contributed by atoms with Gasteiger partial charge in [0.1, 0.15) is 23.9 Å². The summed E-state index contributed by atoms with van der Waals surface area (Å²) in [5.74, 6) is -5.39. The molecule has 14 nitrogen and oxygen atoms in total. The topological polar surface area (TPSA) is 237 Å². The Hall–Kier alpha value is -4.11. The van der Waals surface area contributed by atoms with Crippen LogP contribution in [-0.4, -0.2) is 84.9 Å². The molecule has 37 heavy (non-hydrogen) atoms. The molecule has 0 saturated heterocycles. The number of thiol groups is 1. The standard InChI is InChI=1S/C22H28N6O8S/c23-14(7-18(30)31)19(32)26-15(5-11-1-3-13(29)4-2-11)20(33)27-16(6-12-8-24-10-25-12)21(34)28-17(9-37)22(35)36/h1-4,8,10,14-17,29,37H,5-7,9,23H2,(H,24,25)(H,26,32)(H,27,33)(H,28,34)(H,30,31)(H,35,36). The second-order valence-corrected chi connectivity index (χ2v) is 8.43. The van der Waals surface area contributed by atoms with Gasteiger partial charge >= 0.3 is 11.9 Å². The van der Waals surface area contributed by atoms with Crippen LogP contribution in [0.1, 0.15) is 17.7 Å². The molecule has 0 aliphatic heterocycles. The van der Waals surface area contributed by atoms with E-state index in [1.54, 1.807) is 0 Å². The van der Waals surface area contributed by atoms with Gasteiger partial charge in [-0.3, -0.25) is 19.2 Å². The second kappa shape index (κ2) is 13.8. The number of carboxylic acids is 2. The van der Waals surface area contributed by atoms with Crippen molar-refractivity contribution in [3.63, 3.8) is 0 Å². The summed E-state index contributed by atoms with van der Waals surface area (Å²) in [7, 11) is 0. The number of carbonyl (C=O) groups excluding carboxylic acids is 3. The van der Waals surface area contributed by atoms with Gasteiger partial charge in [-0.1, -0.05) is 12.1 Å². The first-order valence-corrected chi connectivity index (χ1v) is 11.6. The van der Waals surface area contributed by atoms with Crippen LogP contribution in [0.25, 0.3) is 0 Å². The van der Waals surface area contributed by atoms with E-state index in [2.05, 4.69) is 38.5 Å². The molecule has 2 aromatic rings. The predicted molar refractivity (Wildman–Crippen MR) is 132 cm³/mol. The summed E-state index contributed by atoms with van der Waals surface area (Å²) in [5.41, 5.74) is 6.61. The van der Waals surface area contributed by atoms with E-state index in [0.717, 1.165) is 0 Å². The van der Waals surface area contributed by atoms with Gasteiger partial charge in [-0.05, 0) is 17.7 Å². The average molecular weight is 537 g/mol. The first-order valence-electron chi connectivity index (χ1n) is 11.0. The van der Waals surface area contributed by atoms with Crippen molar-refractivity contribution < 1.29 is 39.3 Å². The van der Waals surface area contributed by atoms with Crippen LogP contribution in [0.4, 0.5) is 0 Å². The van der Waals surface area contributed by atoms with Crippen LogP contribution in [0.15, 0.2) is 36.8 Å². The van der Waals surface area contributed by atoms with Gasteiger partial charge in [-0.25, -0.2) is 9.78 Å². The van der Waals surface area contributed by atoms with Crippen molar-refractivity contribution in [1.29, 1.82) is 0 Å². The Kier molecular flexibility index (Phi) is 10.9. The lowest BCUT2D eigenvalue weighted by Gasteiger charge is -2.25. The molecule has 0 saturated carbocycles. The fourth-order valence-electron chi connectivity index (χ4n) is 3.19. The quantitative estimate of drug-likeness (QED) is 0.122. The Morgan fingerprint density at radius 2 is 1.49 bits per heavy atom. The van der Waals surface area contributed by atoms with Crippen LogP contribution >= 0.6 is 12.6 Å². The fraction of sp³-hybridized carbons (Fsp3) is 0.364. The number of carbonyl (C=O) groups is 5. The summed E-state index contributed by atoms with van der Waals surface area (Å²) in [4.78, 5) is 67.5. The Bertz CT molecular complexity index is 1100. The molecule has 4 unspecified atom stereocenters. The lowest BCUT2D eigenvalue weighted by Crippen LogP contribution is -2.58. The lowest BCUT2D eigenvalue weighted by atomic mass is 10.0. The molecule has 0 bridgehead atoms. The van der Waals surface area contributed by atoms with Gasteiger partial charge in [-0.2, -0.15) is 12.6 Å². The fourth-order valence-corrected chi connectivity index (χ4v) is 3.44. The maximum absolute atomic E-state index is 13.3. The number of aromatic hydroxyl groups is 1. The number of imidazole rings is 1. The number of rotatable bonds is 14. The van der Waals surface area contributed by atoms with Crippen molar-refractivity contribution in [1.82, 2.24) is 25.9 Å². The van der Waals surface area contributed by atoms with Crippen LogP contribution in [0.5, 0.6) is 5.75 Å². The zero-order chi connectivity index (χ0) is 27.5. The molecule has 0 fully saturated rings. The minimum Gasteiger partial charge on any atom is -0.508 e. The lowest BCUT2D eigenvalue weighted by molar-refractivity contribution is -0.141. The van der Waals surface area contributed by atoms with Crippen molar-refractivity contribution in [2.45, 2.75) is 43.4 Å². The first kappa shape index (κ1) is 29.1. The van der Waals surface area contributed by atoms with Gasteiger partial charge in [-0.15, -0.1) is 0 Å². The number of H-pyrrole nitrogens is 1. The van der Waals surface area contributed by atoms with Crippen LogP contribution in [0.3, 0.4) is 0 Å². The van der Waals surface area contributed by atoms with E-state index >= 15 is 0 Å². The average Bonchev–Trinajstić information content (AvgIpc) is 3.35. The number of nitrogens with two attached hydrogens (primary N) is 1. The Morgan fingerprint density at radius 3 is 2.00 bits per heavy atom. The largest absolute Gasteiger partial charge is 0.508 e. The van der Waals surface area contributed by atoms with Crippen molar-refractivity contribution >= 4 is 42.3 Å². The SMILES string of the molecule is NC(CC(=O)O)C(=O)NC(Cc1ccc(O)cc1)C(=O)NC(Cc1cnc[nH]1)C(=O)NC(CS)C(=O)O. The molecular formula is C22H28N6O8S. The second-order valence-electron chi connectivity index (χ2n) is 8.06. The smallest absolute Gasteiger partial charge is 0.327 e. The number of amides is 3. The number of nitrogens with zero attached hydrogens (tertiary/aromatic N) is 1. The summed E-state index contributed by atoms with van der Waals surface area (Å²) in [6.45, 7) is 0. The minimum atomic E-state index is -1.44. The van der Waals surface area contributed by atoms with Crippen LogP contribution in [-0.2, 0) is 36.8 Å². The Balaban J connectivity index is 2.27. The molecule has 1 aromatic carbocycles. The predicted octanol–water partition coefficient (Wildman–Crippen LogP) is -1.83. The van der Waals surface area contributed by atoms with Crippen molar-refractivity contribution in [3.05, 3.63) is 48.0 Å². The zero-order valence-electron chi connectivity index (χ0n) is 19.5. The molecule has 15 heteroatoms. The summed E-state index contributed by atoms with van der Waals surface area (Å²) >= 11 is 3.91. The number of aromatic amines is 1. The number of benzene rings is 1. The van der Waals surface area contributed by atoms with E-state index in [9.17, 15) is 34.2 Å². The van der Waals surface area contributed by atoms with Crippen molar-refractivity contribution in [2.75, 3.05) is 5.75 Å². The van der Waals surface area contributed by atoms with E-state index in [1.165, 1.54) is 36.8 Å². The molecule has 0 aliphatic carbocycles. The number of aromatic nitrogens is 2. The van der Waals surface area contributed by atoms with Gasteiger partial charge in [0, 0.05) is 30.5 Å². The highest BCUT2D eigenvalue weighted by Gasteiger charge is 2.31. The van der Waals surface area contributed by atoms with Gasteiger partial charge in [0.15, 0.2) is 0 Å². The van der Waals surface area contributed by atoms with E-state index in [0.29, 0.717) is 11.3 Å². The summed E-state index contributed by atoms with van der Waals surface area (Å²) in [5, 5.41) is 34.9. The summed E-state index contributed by atoms with van der Waals surface area (Å²) in [6.07, 6.45) is 1.92. The highest BCUT2D eigenvalue weighted by Crippen LogP contribution is 2.12. The number of phenols is 1. The van der Waals surface area contributed by atoms with E-state index in [-0.39, 0.29) is 24.3 Å². The molecule has 1 aromatic heterocycles. The highest BCUT2D eigenvalue weighted by atomic mass is 32.1. The number of aliphatic carboxylic acids is 2. The molecule has 4 atom stereocenters. The van der Waals surface area contributed by atoms with Crippen molar-refractivity contribution in [3.8, 4) is 5.75 Å². The molecule has 0 radical (unpaired) electrons. The van der Waals surface area contributed by atoms with Gasteiger partial charge < -0.3 is 42.0 Å². The number of phenolic OH excluding ortho intramolecular Hbond substituents is 1. The van der Waals surface area contributed by atoms with Crippen molar-refractivity contribution in [2.24, 2.45) is 5.73 Å². The molecule has 1 heterocycles. The molecule has 9 N–H and O–H groups in total. The monoisotopic (exact) mass is 536 g/mol. The summed E-state index contributed by atoms with van der Waals surface area (Å²) < 4.78 is 0. The van der Waals surface area contributed by atoms with E-state index in [4.69, 9.17) is 10.8 Å². The third-order valence-electron chi connectivity index (χ3n) is 5.15. The molecule has 3 amide bonds. The third-order valence-corrected chi connectivity index (χ3v) is 5.51.